The van der Waals surface area contributed by atoms with Gasteiger partial charge in [0.15, 0.2) is 0 Å². The fourth-order valence-electron chi connectivity index (χ4n) is 3.76. The molecule has 1 spiro atoms. The monoisotopic (exact) mass is 409 g/mol. The van der Waals surface area contributed by atoms with E-state index in [0.29, 0.717) is 41.5 Å². The lowest BCUT2D eigenvalue weighted by Crippen LogP contribution is -2.44. The summed E-state index contributed by atoms with van der Waals surface area (Å²) in [5.74, 6) is 0.434. The molecule has 0 atom stereocenters. The molecule has 1 aromatic carbocycles. The minimum absolute atomic E-state index is 0.150. The second-order valence-electron chi connectivity index (χ2n) is 7.01. The van der Waals surface area contributed by atoms with Gasteiger partial charge in [-0.2, -0.15) is 0 Å². The summed E-state index contributed by atoms with van der Waals surface area (Å²) in [5, 5.41) is 5.92. The van der Waals surface area contributed by atoms with Crippen molar-refractivity contribution in [2.24, 2.45) is 0 Å². The molecule has 1 aromatic rings. The highest BCUT2D eigenvalue weighted by atomic mass is 35.5. The van der Waals surface area contributed by atoms with Gasteiger partial charge in [-0.3, -0.25) is 14.5 Å². The van der Waals surface area contributed by atoms with Crippen LogP contribution in [0.25, 0.3) is 0 Å². The van der Waals surface area contributed by atoms with Crippen molar-refractivity contribution >= 4 is 35.1 Å². The number of anilines is 1. The van der Waals surface area contributed by atoms with Gasteiger partial charge in [0.1, 0.15) is 17.0 Å². The molecule has 1 saturated carbocycles. The second-order valence-corrected chi connectivity index (χ2v) is 7.42. The van der Waals surface area contributed by atoms with Crippen molar-refractivity contribution in [3.8, 4) is 11.5 Å². The van der Waals surface area contributed by atoms with Crippen LogP contribution in [0.3, 0.4) is 0 Å². The van der Waals surface area contributed by atoms with Gasteiger partial charge in [0.05, 0.1) is 24.9 Å². The zero-order chi connectivity index (χ0) is 20.3. The smallest absolute Gasteiger partial charge is 0.325 e. The zero-order valence-corrected chi connectivity index (χ0v) is 16.7. The van der Waals surface area contributed by atoms with Crippen LogP contribution in [0.5, 0.6) is 11.5 Å². The molecule has 2 aliphatic rings. The van der Waals surface area contributed by atoms with Crippen LogP contribution in [0.4, 0.5) is 10.5 Å². The van der Waals surface area contributed by atoms with E-state index in [1.807, 2.05) is 0 Å². The van der Waals surface area contributed by atoms with Crippen molar-refractivity contribution in [3.05, 3.63) is 17.2 Å². The maximum absolute atomic E-state index is 12.6. The van der Waals surface area contributed by atoms with Crippen molar-refractivity contribution in [3.63, 3.8) is 0 Å². The summed E-state index contributed by atoms with van der Waals surface area (Å²) in [6.45, 7) is 0.209. The van der Waals surface area contributed by atoms with Crippen molar-refractivity contribution in [2.75, 3.05) is 26.1 Å². The summed E-state index contributed by atoms with van der Waals surface area (Å²) in [4.78, 5) is 38.2. The average molecular weight is 410 g/mol. The van der Waals surface area contributed by atoms with E-state index >= 15 is 0 Å². The zero-order valence-electron chi connectivity index (χ0n) is 16.0. The molecule has 28 heavy (non-hydrogen) atoms. The van der Waals surface area contributed by atoms with Crippen LogP contribution < -0.4 is 20.1 Å². The first-order valence-corrected chi connectivity index (χ1v) is 9.63. The number of nitrogens with zero attached hydrogens (tertiary/aromatic N) is 1. The molecule has 1 aliphatic heterocycles. The quantitative estimate of drug-likeness (QED) is 0.675. The molecule has 1 saturated heterocycles. The predicted molar refractivity (Wildman–Crippen MR) is 104 cm³/mol. The standard InChI is InChI=1S/C19H24ClN3O5/c1-27-14-11-15(28-2)13(10-12(14)20)21-16(24)6-5-9-23-17(25)19(22-18(23)26)7-3-4-8-19/h10-11H,3-9H2,1-2H3,(H,21,24)(H,22,26). The first kappa shape index (κ1) is 20.3. The Morgan fingerprint density at radius 1 is 1.21 bits per heavy atom. The van der Waals surface area contributed by atoms with E-state index in [9.17, 15) is 14.4 Å². The summed E-state index contributed by atoms with van der Waals surface area (Å²) in [6.07, 6.45) is 3.77. The predicted octanol–water partition coefficient (Wildman–Crippen LogP) is 2.94. The Balaban J connectivity index is 1.55. The molecule has 2 N–H and O–H groups in total. The van der Waals surface area contributed by atoms with Crippen LogP contribution in [0.1, 0.15) is 38.5 Å². The molecule has 0 unspecified atom stereocenters. The third-order valence-corrected chi connectivity index (χ3v) is 5.53. The average Bonchev–Trinajstić information content (AvgIpc) is 3.22. The van der Waals surface area contributed by atoms with Crippen molar-refractivity contribution in [2.45, 2.75) is 44.1 Å². The van der Waals surface area contributed by atoms with E-state index in [1.165, 1.54) is 19.1 Å². The molecule has 1 heterocycles. The molecule has 0 radical (unpaired) electrons. The van der Waals surface area contributed by atoms with Gasteiger partial charge >= 0.3 is 6.03 Å². The number of hydrogen-bond donors (Lipinski definition) is 2. The molecule has 8 nitrogen and oxygen atoms in total. The third kappa shape index (κ3) is 3.87. The lowest BCUT2D eigenvalue weighted by molar-refractivity contribution is -0.131. The third-order valence-electron chi connectivity index (χ3n) is 5.24. The van der Waals surface area contributed by atoms with E-state index in [0.717, 1.165) is 12.8 Å². The fourth-order valence-corrected chi connectivity index (χ4v) is 4.01. The molecular formula is C19H24ClN3O5. The summed E-state index contributed by atoms with van der Waals surface area (Å²) in [7, 11) is 2.97. The van der Waals surface area contributed by atoms with Crippen molar-refractivity contribution < 1.29 is 23.9 Å². The van der Waals surface area contributed by atoms with Crippen LogP contribution in [0.2, 0.25) is 5.02 Å². The van der Waals surface area contributed by atoms with E-state index in [1.54, 1.807) is 12.1 Å². The van der Waals surface area contributed by atoms with Gasteiger partial charge in [-0.1, -0.05) is 24.4 Å². The van der Waals surface area contributed by atoms with E-state index < -0.39 is 5.54 Å². The number of imide groups is 1. The lowest BCUT2D eigenvalue weighted by Gasteiger charge is -2.20. The van der Waals surface area contributed by atoms with Gasteiger partial charge in [-0.25, -0.2) is 4.79 Å². The summed E-state index contributed by atoms with van der Waals surface area (Å²) in [6, 6.07) is 2.78. The number of amides is 4. The lowest BCUT2D eigenvalue weighted by atomic mass is 9.98. The molecule has 1 aliphatic carbocycles. The maximum atomic E-state index is 12.6. The maximum Gasteiger partial charge on any atom is 0.325 e. The number of halogens is 1. The number of carbonyl (C=O) groups excluding carboxylic acids is 3. The van der Waals surface area contributed by atoms with Crippen LogP contribution in [0.15, 0.2) is 12.1 Å². The highest BCUT2D eigenvalue weighted by Gasteiger charge is 2.52. The number of ether oxygens (including phenoxy) is 2. The van der Waals surface area contributed by atoms with Crippen LogP contribution in [0, 0.1) is 0 Å². The number of nitrogens with one attached hydrogen (secondary N) is 2. The Morgan fingerprint density at radius 3 is 2.54 bits per heavy atom. The van der Waals surface area contributed by atoms with E-state index in [-0.39, 0.29) is 30.8 Å². The Labute approximate surface area is 168 Å². The minimum Gasteiger partial charge on any atom is -0.495 e. The molecule has 9 heteroatoms. The molecule has 3 rings (SSSR count). The van der Waals surface area contributed by atoms with E-state index in [4.69, 9.17) is 21.1 Å². The molecule has 0 aromatic heterocycles. The number of carbonyl (C=O) groups is 3. The SMILES string of the molecule is COc1cc(OC)c(NC(=O)CCCN2C(=O)NC3(CCCC3)C2=O)cc1Cl. The molecule has 2 fully saturated rings. The van der Waals surface area contributed by atoms with Gasteiger partial charge in [0.2, 0.25) is 5.91 Å². The number of hydrogen-bond acceptors (Lipinski definition) is 5. The number of methoxy groups -OCH3 is 2. The summed E-state index contributed by atoms with van der Waals surface area (Å²) >= 11 is 6.10. The fraction of sp³-hybridized carbons (Fsp3) is 0.526. The van der Waals surface area contributed by atoms with Gasteiger partial charge in [0, 0.05) is 19.0 Å². The van der Waals surface area contributed by atoms with Gasteiger partial charge in [0.25, 0.3) is 5.91 Å². The largest absolute Gasteiger partial charge is 0.495 e. The summed E-state index contributed by atoms with van der Waals surface area (Å²) in [5.41, 5.74) is -0.287. The first-order chi connectivity index (χ1) is 13.4. The van der Waals surface area contributed by atoms with Crippen LogP contribution >= 0.6 is 11.6 Å². The molecule has 0 bridgehead atoms. The van der Waals surface area contributed by atoms with Gasteiger partial charge in [-0.05, 0) is 25.3 Å². The number of rotatable bonds is 7. The van der Waals surface area contributed by atoms with Gasteiger partial charge in [-0.15, -0.1) is 0 Å². The number of urea groups is 1. The highest BCUT2D eigenvalue weighted by Crippen LogP contribution is 2.36. The van der Waals surface area contributed by atoms with Gasteiger partial charge < -0.3 is 20.1 Å². The topological polar surface area (TPSA) is 97.0 Å². The van der Waals surface area contributed by atoms with Crippen molar-refractivity contribution in [1.82, 2.24) is 10.2 Å². The molecule has 4 amide bonds. The Kier molecular flexibility index (Phi) is 5.98. The Bertz CT molecular complexity index is 792. The first-order valence-electron chi connectivity index (χ1n) is 9.25. The highest BCUT2D eigenvalue weighted by molar-refractivity contribution is 6.32. The minimum atomic E-state index is -0.716. The second kappa shape index (κ2) is 8.26. The summed E-state index contributed by atoms with van der Waals surface area (Å²) < 4.78 is 10.4. The molecular weight excluding hydrogens is 386 g/mol. The Morgan fingerprint density at radius 2 is 1.89 bits per heavy atom. The van der Waals surface area contributed by atoms with Crippen molar-refractivity contribution in [1.29, 1.82) is 0 Å². The van der Waals surface area contributed by atoms with Crippen LogP contribution in [-0.4, -0.2) is 49.0 Å². The van der Waals surface area contributed by atoms with Crippen LogP contribution in [-0.2, 0) is 9.59 Å². The number of benzene rings is 1. The van der Waals surface area contributed by atoms with E-state index in [2.05, 4.69) is 10.6 Å². The molecule has 152 valence electrons. The Hall–Kier alpha value is -2.48. The normalized spacial score (nSPS) is 17.8.